The lowest BCUT2D eigenvalue weighted by atomic mass is 9.80. The minimum Gasteiger partial charge on any atom is -0.358 e. The first-order valence-electron chi connectivity index (χ1n) is 9.98. The van der Waals surface area contributed by atoms with Gasteiger partial charge < -0.3 is 9.88 Å². The predicted octanol–water partition coefficient (Wildman–Crippen LogP) is 5.51. The third kappa shape index (κ3) is 3.23. The molecule has 0 atom stereocenters. The molecule has 2 aromatic heterocycles. The van der Waals surface area contributed by atoms with Crippen LogP contribution in [-0.2, 0) is 19.4 Å². The molecule has 0 saturated heterocycles. The van der Waals surface area contributed by atoms with E-state index < -0.39 is 0 Å². The van der Waals surface area contributed by atoms with Crippen LogP contribution in [0.4, 0.5) is 5.82 Å². The molecule has 3 nitrogen and oxygen atoms in total. The fourth-order valence-corrected chi connectivity index (χ4v) is 4.60. The zero-order valence-corrected chi connectivity index (χ0v) is 17.0. The van der Waals surface area contributed by atoms with Gasteiger partial charge in [0.25, 0.3) is 0 Å². The van der Waals surface area contributed by atoms with E-state index in [9.17, 15) is 0 Å². The summed E-state index contributed by atoms with van der Waals surface area (Å²) in [5.41, 5.74) is 8.32. The lowest BCUT2D eigenvalue weighted by Crippen LogP contribution is -2.31. The van der Waals surface area contributed by atoms with Crippen molar-refractivity contribution in [3.05, 3.63) is 58.4 Å². The van der Waals surface area contributed by atoms with Crippen LogP contribution in [0.1, 0.15) is 47.2 Å². The lowest BCUT2D eigenvalue weighted by Gasteiger charge is -2.31. The third-order valence-electron chi connectivity index (χ3n) is 6.52. The maximum atomic E-state index is 4.78. The molecular weight excluding hydrogens is 354 g/mol. The van der Waals surface area contributed by atoms with Crippen molar-refractivity contribution in [3.63, 3.8) is 0 Å². The Labute approximate surface area is 167 Å². The molecule has 0 radical (unpaired) electrons. The number of pyridine rings is 1. The molecule has 3 aromatic rings. The van der Waals surface area contributed by atoms with Gasteiger partial charge in [0, 0.05) is 30.4 Å². The van der Waals surface area contributed by atoms with E-state index in [0.717, 1.165) is 31.2 Å². The van der Waals surface area contributed by atoms with Crippen molar-refractivity contribution < 1.29 is 0 Å². The van der Waals surface area contributed by atoms with Crippen LogP contribution in [-0.4, -0.2) is 16.5 Å². The lowest BCUT2D eigenvalue weighted by molar-refractivity contribution is 0.314. The number of aromatic amines is 1. The van der Waals surface area contributed by atoms with Gasteiger partial charge in [-0.05, 0) is 60.9 Å². The van der Waals surface area contributed by atoms with Gasteiger partial charge in [-0.3, -0.25) is 0 Å². The molecule has 3 heterocycles. The number of benzene rings is 1. The first kappa shape index (κ1) is 18.4. The Hall–Kier alpha value is -2.00. The molecule has 0 unspecified atom stereocenters. The molecular formula is C23H28ClN3. The number of anilines is 1. The summed E-state index contributed by atoms with van der Waals surface area (Å²) in [6, 6.07) is 9.30. The quantitative estimate of drug-likeness (QED) is 0.648. The molecule has 1 fully saturated rings. The molecule has 0 amide bonds. The molecule has 1 aromatic carbocycles. The number of nitrogens with zero attached hydrogens (tertiary/aromatic N) is 2. The third-order valence-corrected chi connectivity index (χ3v) is 6.52. The van der Waals surface area contributed by atoms with Crippen molar-refractivity contribution in [2.75, 3.05) is 11.4 Å². The van der Waals surface area contributed by atoms with Crippen molar-refractivity contribution in [2.24, 2.45) is 5.92 Å². The van der Waals surface area contributed by atoms with E-state index in [1.54, 1.807) is 0 Å². The van der Waals surface area contributed by atoms with Gasteiger partial charge >= 0.3 is 0 Å². The Kier molecular flexibility index (Phi) is 4.90. The van der Waals surface area contributed by atoms with Crippen LogP contribution in [0.15, 0.2) is 30.5 Å². The van der Waals surface area contributed by atoms with Crippen LogP contribution in [0.3, 0.4) is 0 Å². The smallest absolute Gasteiger partial charge is 0.138 e. The minimum absolute atomic E-state index is 0. The summed E-state index contributed by atoms with van der Waals surface area (Å²) in [5.74, 6) is 2.06. The Balaban J connectivity index is 0.00000180. The summed E-state index contributed by atoms with van der Waals surface area (Å²) in [6.07, 6.45) is 8.57. The summed E-state index contributed by atoms with van der Waals surface area (Å²) in [5, 5.41) is 1.29. The number of hydrogen-bond donors (Lipinski definition) is 1. The average molecular weight is 382 g/mol. The number of rotatable bonds is 3. The summed E-state index contributed by atoms with van der Waals surface area (Å²) >= 11 is 0. The summed E-state index contributed by atoms with van der Waals surface area (Å²) < 4.78 is 0. The number of halogens is 1. The number of aryl methyl sites for hydroxylation is 2. The molecule has 2 aliphatic rings. The standard InChI is InChI=1S/C23H27N3.ClH/c1-15-16(2)25-21-8-10-24-23(22(15)21)26-11-9-19-7-6-18(13-20(19)14-26)12-17-4-3-5-17;/h6-8,10,13,17,25H,3-5,9,11-12,14H2,1-2H3;1H. The maximum absolute atomic E-state index is 4.78. The largest absolute Gasteiger partial charge is 0.358 e. The number of hydrogen-bond acceptors (Lipinski definition) is 2. The van der Waals surface area contributed by atoms with Crippen LogP contribution >= 0.6 is 12.4 Å². The van der Waals surface area contributed by atoms with Gasteiger partial charge in [-0.1, -0.05) is 37.5 Å². The van der Waals surface area contributed by atoms with Gasteiger partial charge in [-0.2, -0.15) is 0 Å². The summed E-state index contributed by atoms with van der Waals surface area (Å²) in [4.78, 5) is 10.7. The minimum atomic E-state index is 0. The van der Waals surface area contributed by atoms with Crippen molar-refractivity contribution in [1.82, 2.24) is 9.97 Å². The van der Waals surface area contributed by atoms with Gasteiger partial charge in [-0.25, -0.2) is 4.98 Å². The van der Waals surface area contributed by atoms with Gasteiger partial charge in [-0.15, -0.1) is 12.4 Å². The highest BCUT2D eigenvalue weighted by Gasteiger charge is 2.22. The Morgan fingerprint density at radius 1 is 1.15 bits per heavy atom. The molecule has 1 aliphatic carbocycles. The van der Waals surface area contributed by atoms with Crippen LogP contribution < -0.4 is 4.90 Å². The maximum Gasteiger partial charge on any atom is 0.138 e. The molecule has 27 heavy (non-hydrogen) atoms. The number of nitrogens with one attached hydrogen (secondary N) is 1. The highest BCUT2D eigenvalue weighted by Crippen LogP contribution is 2.34. The van der Waals surface area contributed by atoms with Crippen LogP contribution in [0.5, 0.6) is 0 Å². The fraction of sp³-hybridized carbons (Fsp3) is 0.435. The van der Waals surface area contributed by atoms with Gasteiger partial charge in [0.15, 0.2) is 0 Å². The van der Waals surface area contributed by atoms with E-state index in [4.69, 9.17) is 4.98 Å². The van der Waals surface area contributed by atoms with Crippen molar-refractivity contribution >= 4 is 29.1 Å². The second kappa shape index (κ2) is 7.20. The van der Waals surface area contributed by atoms with Crippen LogP contribution in [0.2, 0.25) is 0 Å². The highest BCUT2D eigenvalue weighted by molar-refractivity contribution is 5.94. The first-order valence-corrected chi connectivity index (χ1v) is 9.98. The average Bonchev–Trinajstić information content (AvgIpc) is 2.92. The second-order valence-electron chi connectivity index (χ2n) is 8.21. The summed E-state index contributed by atoms with van der Waals surface area (Å²) in [6.45, 7) is 6.37. The zero-order chi connectivity index (χ0) is 17.7. The van der Waals surface area contributed by atoms with E-state index in [0.29, 0.717) is 0 Å². The number of aromatic nitrogens is 2. The van der Waals surface area contributed by atoms with Gasteiger partial charge in [0.05, 0.1) is 5.52 Å². The predicted molar refractivity (Wildman–Crippen MR) is 115 cm³/mol. The van der Waals surface area contributed by atoms with Gasteiger partial charge in [0.1, 0.15) is 5.82 Å². The number of fused-ring (bicyclic) bond motifs is 2. The SMILES string of the molecule is Cc1[nH]c2ccnc(N3CCc4ccc(CC5CCC5)cc4C3)c2c1C.Cl. The highest BCUT2D eigenvalue weighted by atomic mass is 35.5. The Morgan fingerprint density at radius 3 is 2.78 bits per heavy atom. The van der Waals surface area contributed by atoms with E-state index >= 15 is 0 Å². The van der Waals surface area contributed by atoms with Crippen LogP contribution in [0, 0.1) is 19.8 Å². The Bertz CT molecular complexity index is 971. The molecule has 1 saturated carbocycles. The topological polar surface area (TPSA) is 31.9 Å². The van der Waals surface area contributed by atoms with E-state index in [1.807, 2.05) is 6.20 Å². The van der Waals surface area contributed by atoms with Crippen molar-refractivity contribution in [3.8, 4) is 0 Å². The van der Waals surface area contributed by atoms with E-state index in [-0.39, 0.29) is 12.4 Å². The van der Waals surface area contributed by atoms with Crippen molar-refractivity contribution in [2.45, 2.75) is 52.5 Å². The van der Waals surface area contributed by atoms with Crippen molar-refractivity contribution in [1.29, 1.82) is 0 Å². The normalized spacial score (nSPS) is 16.7. The van der Waals surface area contributed by atoms with Crippen LogP contribution in [0.25, 0.3) is 10.9 Å². The Morgan fingerprint density at radius 2 is 2.00 bits per heavy atom. The molecule has 1 N–H and O–H groups in total. The molecule has 5 rings (SSSR count). The zero-order valence-electron chi connectivity index (χ0n) is 16.2. The van der Waals surface area contributed by atoms with E-state index in [2.05, 4.69) is 48.0 Å². The molecule has 142 valence electrons. The fourth-order valence-electron chi connectivity index (χ4n) is 4.60. The molecule has 1 aliphatic heterocycles. The van der Waals surface area contributed by atoms with Gasteiger partial charge in [0.2, 0.25) is 0 Å². The molecule has 0 bridgehead atoms. The molecule has 4 heteroatoms. The summed E-state index contributed by atoms with van der Waals surface area (Å²) in [7, 11) is 0. The van der Waals surface area contributed by atoms with E-state index in [1.165, 1.54) is 64.5 Å². The molecule has 0 spiro atoms. The number of H-pyrrole nitrogens is 1. The monoisotopic (exact) mass is 381 g/mol. The first-order chi connectivity index (χ1) is 12.7. The second-order valence-corrected chi connectivity index (χ2v) is 8.21.